The first-order valence-corrected chi connectivity index (χ1v) is 7.08. The Balaban J connectivity index is 3.17. The number of aromatic nitrogens is 1. The standard InChI is InChI=1S/C17H23N3O2/c1-5-7-14(17(21)22-4)8-9-15-13(2)20(3)12-16(15)19-11-6-10-18/h6-12H,5,18H2,1-4H3/b9-8-,10-6-,14-7-,19-11?. The minimum atomic E-state index is -0.345. The smallest absolute Gasteiger partial charge is 0.337 e. The van der Waals surface area contributed by atoms with E-state index in [0.717, 1.165) is 23.4 Å². The van der Waals surface area contributed by atoms with Crippen molar-refractivity contribution in [1.82, 2.24) is 4.57 Å². The van der Waals surface area contributed by atoms with Crippen molar-refractivity contribution >= 4 is 23.9 Å². The van der Waals surface area contributed by atoms with E-state index >= 15 is 0 Å². The van der Waals surface area contributed by atoms with Crippen molar-refractivity contribution in [2.24, 2.45) is 17.8 Å². The Morgan fingerprint density at radius 2 is 2.23 bits per heavy atom. The lowest BCUT2D eigenvalue weighted by molar-refractivity contribution is -0.135. The average molecular weight is 301 g/mol. The van der Waals surface area contributed by atoms with Crippen LogP contribution in [0.3, 0.4) is 0 Å². The summed E-state index contributed by atoms with van der Waals surface area (Å²) in [5, 5.41) is 0. The first-order chi connectivity index (χ1) is 10.5. The van der Waals surface area contributed by atoms with E-state index in [-0.39, 0.29) is 5.97 Å². The van der Waals surface area contributed by atoms with Gasteiger partial charge in [0.15, 0.2) is 0 Å². The van der Waals surface area contributed by atoms with Gasteiger partial charge in [0.1, 0.15) is 0 Å². The van der Waals surface area contributed by atoms with E-state index in [4.69, 9.17) is 10.5 Å². The van der Waals surface area contributed by atoms with Crippen molar-refractivity contribution < 1.29 is 9.53 Å². The van der Waals surface area contributed by atoms with E-state index < -0.39 is 0 Å². The van der Waals surface area contributed by atoms with Crippen LogP contribution in [0.5, 0.6) is 0 Å². The SMILES string of the molecule is CC/C=C(/C=C\c1c(N=C/C=C\N)cn(C)c1C)C(=O)OC. The molecular weight excluding hydrogens is 278 g/mol. The Bertz CT molecular complexity index is 635. The zero-order chi connectivity index (χ0) is 16.5. The number of hydrogen-bond acceptors (Lipinski definition) is 4. The fraction of sp³-hybridized carbons (Fsp3) is 0.294. The highest BCUT2D eigenvalue weighted by Gasteiger charge is 2.09. The number of carbonyl (C=O) groups excluding carboxylic acids is 1. The molecule has 0 spiro atoms. The molecule has 0 fully saturated rings. The van der Waals surface area contributed by atoms with Crippen LogP contribution in [0, 0.1) is 6.92 Å². The highest BCUT2D eigenvalue weighted by molar-refractivity contribution is 5.93. The van der Waals surface area contributed by atoms with Crippen molar-refractivity contribution in [1.29, 1.82) is 0 Å². The second-order valence-corrected chi connectivity index (χ2v) is 4.68. The van der Waals surface area contributed by atoms with Gasteiger partial charge in [-0.3, -0.25) is 4.99 Å². The molecule has 1 aromatic heterocycles. The summed E-state index contributed by atoms with van der Waals surface area (Å²) >= 11 is 0. The average Bonchev–Trinajstić information content (AvgIpc) is 2.78. The second-order valence-electron chi connectivity index (χ2n) is 4.68. The first kappa shape index (κ1) is 17.5. The lowest BCUT2D eigenvalue weighted by Crippen LogP contribution is -2.02. The number of hydrogen-bond donors (Lipinski definition) is 1. The van der Waals surface area contributed by atoms with Crippen LogP contribution >= 0.6 is 0 Å². The molecule has 0 saturated heterocycles. The lowest BCUT2D eigenvalue weighted by Gasteiger charge is -2.00. The van der Waals surface area contributed by atoms with Gasteiger partial charge in [-0.2, -0.15) is 0 Å². The normalized spacial score (nSPS) is 12.8. The van der Waals surface area contributed by atoms with Crippen molar-refractivity contribution in [3.05, 3.63) is 47.5 Å². The number of nitrogens with two attached hydrogens (primary N) is 1. The van der Waals surface area contributed by atoms with Crippen LogP contribution < -0.4 is 5.73 Å². The number of nitrogens with zero attached hydrogens (tertiary/aromatic N) is 2. The zero-order valence-electron chi connectivity index (χ0n) is 13.5. The molecule has 0 amide bonds. The predicted octanol–water partition coefficient (Wildman–Crippen LogP) is 3.03. The van der Waals surface area contributed by atoms with Crippen molar-refractivity contribution in [3.63, 3.8) is 0 Å². The summed E-state index contributed by atoms with van der Waals surface area (Å²) in [5.74, 6) is -0.345. The zero-order valence-corrected chi connectivity index (χ0v) is 13.5. The first-order valence-electron chi connectivity index (χ1n) is 7.08. The Morgan fingerprint density at radius 3 is 2.82 bits per heavy atom. The third-order valence-electron chi connectivity index (χ3n) is 3.20. The van der Waals surface area contributed by atoms with Crippen LogP contribution in [0.4, 0.5) is 5.69 Å². The third-order valence-corrected chi connectivity index (χ3v) is 3.20. The van der Waals surface area contributed by atoms with Crippen LogP contribution in [0.25, 0.3) is 6.08 Å². The van der Waals surface area contributed by atoms with Gasteiger partial charge in [0, 0.05) is 30.7 Å². The number of methoxy groups -OCH3 is 1. The largest absolute Gasteiger partial charge is 0.465 e. The van der Waals surface area contributed by atoms with Gasteiger partial charge in [0.25, 0.3) is 0 Å². The Morgan fingerprint density at radius 1 is 1.50 bits per heavy atom. The lowest BCUT2D eigenvalue weighted by atomic mass is 10.1. The molecule has 0 atom stereocenters. The van der Waals surface area contributed by atoms with Crippen molar-refractivity contribution in [3.8, 4) is 0 Å². The summed E-state index contributed by atoms with van der Waals surface area (Å²) in [5.41, 5.74) is 8.65. The van der Waals surface area contributed by atoms with E-state index in [1.807, 2.05) is 43.8 Å². The summed E-state index contributed by atoms with van der Waals surface area (Å²) in [4.78, 5) is 16.1. The molecule has 118 valence electrons. The highest BCUT2D eigenvalue weighted by Crippen LogP contribution is 2.26. The summed E-state index contributed by atoms with van der Waals surface area (Å²) in [7, 11) is 3.33. The maximum Gasteiger partial charge on any atom is 0.337 e. The Labute approximate surface area is 131 Å². The van der Waals surface area contributed by atoms with Crippen LogP contribution in [-0.2, 0) is 16.6 Å². The summed E-state index contributed by atoms with van der Waals surface area (Å²) in [6, 6.07) is 0. The summed E-state index contributed by atoms with van der Waals surface area (Å²) in [6.45, 7) is 3.97. The van der Waals surface area contributed by atoms with Crippen LogP contribution in [0.2, 0.25) is 0 Å². The second kappa shape index (κ2) is 8.67. The molecule has 1 aromatic rings. The Hall–Kier alpha value is -2.56. The van der Waals surface area contributed by atoms with E-state index in [9.17, 15) is 4.79 Å². The monoisotopic (exact) mass is 301 g/mol. The van der Waals surface area contributed by atoms with Crippen LogP contribution in [0.1, 0.15) is 24.6 Å². The van der Waals surface area contributed by atoms with Crippen LogP contribution in [0.15, 0.2) is 41.2 Å². The molecule has 0 saturated carbocycles. The fourth-order valence-electron chi connectivity index (χ4n) is 1.94. The number of ether oxygens (including phenoxy) is 1. The van der Waals surface area contributed by atoms with E-state index in [2.05, 4.69) is 4.99 Å². The maximum absolute atomic E-state index is 11.7. The molecule has 0 aliphatic carbocycles. The number of rotatable bonds is 6. The van der Waals surface area contributed by atoms with Crippen molar-refractivity contribution in [2.45, 2.75) is 20.3 Å². The number of aliphatic imine (C=N–C) groups is 1. The molecule has 0 aliphatic heterocycles. The third kappa shape index (κ3) is 4.48. The van der Waals surface area contributed by atoms with E-state index in [0.29, 0.717) is 5.57 Å². The highest BCUT2D eigenvalue weighted by atomic mass is 16.5. The van der Waals surface area contributed by atoms with Gasteiger partial charge in [0.2, 0.25) is 0 Å². The molecule has 0 unspecified atom stereocenters. The van der Waals surface area contributed by atoms with Gasteiger partial charge in [-0.1, -0.05) is 19.1 Å². The van der Waals surface area contributed by atoms with Gasteiger partial charge < -0.3 is 15.0 Å². The molecule has 5 nitrogen and oxygen atoms in total. The number of carbonyl (C=O) groups is 1. The quantitative estimate of drug-likeness (QED) is 0.380. The van der Waals surface area contributed by atoms with Gasteiger partial charge >= 0.3 is 5.97 Å². The van der Waals surface area contributed by atoms with Gasteiger partial charge in [0.05, 0.1) is 18.4 Å². The molecule has 22 heavy (non-hydrogen) atoms. The fourth-order valence-corrected chi connectivity index (χ4v) is 1.94. The molecule has 0 aliphatic rings. The molecule has 0 aromatic carbocycles. The van der Waals surface area contributed by atoms with E-state index in [1.54, 1.807) is 18.4 Å². The summed E-state index contributed by atoms with van der Waals surface area (Å²) in [6.07, 6.45) is 12.9. The van der Waals surface area contributed by atoms with E-state index in [1.165, 1.54) is 13.3 Å². The van der Waals surface area contributed by atoms with Crippen molar-refractivity contribution in [2.75, 3.05) is 7.11 Å². The molecule has 0 radical (unpaired) electrons. The van der Waals surface area contributed by atoms with Crippen LogP contribution in [-0.4, -0.2) is 23.9 Å². The molecule has 1 heterocycles. The number of allylic oxidation sites excluding steroid dienone is 2. The molecular formula is C17H23N3O2. The molecule has 1 rings (SSSR count). The topological polar surface area (TPSA) is 69.6 Å². The number of esters is 1. The van der Waals surface area contributed by atoms with Gasteiger partial charge in [-0.15, -0.1) is 0 Å². The maximum atomic E-state index is 11.7. The Kier molecular flexibility index (Phi) is 6.89. The molecule has 5 heteroatoms. The minimum Gasteiger partial charge on any atom is -0.465 e. The number of aryl methyl sites for hydroxylation is 1. The summed E-state index contributed by atoms with van der Waals surface area (Å²) < 4.78 is 6.77. The molecule has 2 N–H and O–H groups in total. The minimum absolute atomic E-state index is 0.345. The molecule has 0 bridgehead atoms. The van der Waals surface area contributed by atoms with Gasteiger partial charge in [-0.05, 0) is 31.7 Å². The predicted molar refractivity (Wildman–Crippen MR) is 91.1 cm³/mol. The van der Waals surface area contributed by atoms with Gasteiger partial charge in [-0.25, -0.2) is 4.79 Å².